The van der Waals surface area contributed by atoms with Gasteiger partial charge < -0.3 is 20.1 Å². The van der Waals surface area contributed by atoms with E-state index in [0.717, 1.165) is 70.6 Å². The van der Waals surface area contributed by atoms with Crippen LogP contribution in [0.4, 0.5) is 0 Å². The van der Waals surface area contributed by atoms with Crippen LogP contribution in [0.2, 0.25) is 0 Å². The number of phosphoric acid groups is 1. The van der Waals surface area contributed by atoms with Gasteiger partial charge in [0.2, 0.25) is 0 Å². The predicted octanol–water partition coefficient (Wildman–Crippen LogP) is 27.7. The van der Waals surface area contributed by atoms with Crippen LogP contribution in [0.5, 0.6) is 0 Å². The van der Waals surface area contributed by atoms with E-state index in [1.165, 1.54) is 308 Å². The number of phosphoric ester groups is 1. The molecule has 0 heterocycles. The van der Waals surface area contributed by atoms with Crippen LogP contribution < -0.4 is 5.73 Å². The Morgan fingerprint density at radius 3 is 0.863 bits per heavy atom. The molecule has 0 aromatic carbocycles. The summed E-state index contributed by atoms with van der Waals surface area (Å²) < 4.78 is 33.3. The molecule has 0 saturated heterocycles. The fourth-order valence-corrected chi connectivity index (χ4v) is 13.0. The molecule has 0 rings (SSSR count). The summed E-state index contributed by atoms with van der Waals surface area (Å²) in [5.74, 6) is -0.806. The molecule has 0 spiro atoms. The molecule has 0 radical (unpaired) electrons. The van der Waals surface area contributed by atoms with Gasteiger partial charge in [-0.2, -0.15) is 0 Å². The third kappa shape index (κ3) is 80.1. The Kier molecular flexibility index (Phi) is 77.8. The van der Waals surface area contributed by atoms with Crippen LogP contribution in [0.1, 0.15) is 412 Å². The number of ether oxygens (including phenoxy) is 2. The molecular formula is C85H156NO8P. The van der Waals surface area contributed by atoms with Gasteiger partial charge in [-0.15, -0.1) is 0 Å². The summed E-state index contributed by atoms with van der Waals surface area (Å²) in [6.07, 6.45) is 109. The largest absolute Gasteiger partial charge is 0.472 e. The topological polar surface area (TPSA) is 134 Å². The van der Waals surface area contributed by atoms with E-state index < -0.39 is 26.5 Å². The van der Waals surface area contributed by atoms with Crippen molar-refractivity contribution in [1.29, 1.82) is 0 Å². The summed E-state index contributed by atoms with van der Waals surface area (Å²) in [6, 6.07) is 0. The first-order valence-corrected chi connectivity index (χ1v) is 42.6. The van der Waals surface area contributed by atoms with Crippen LogP contribution >= 0.6 is 7.82 Å². The number of esters is 2. The summed E-state index contributed by atoms with van der Waals surface area (Å²) in [5.41, 5.74) is 5.42. The van der Waals surface area contributed by atoms with Gasteiger partial charge >= 0.3 is 19.8 Å². The number of nitrogens with two attached hydrogens (primary N) is 1. The zero-order chi connectivity index (χ0) is 68.6. The highest BCUT2D eigenvalue weighted by Gasteiger charge is 2.26. The Morgan fingerprint density at radius 1 is 0.326 bits per heavy atom. The van der Waals surface area contributed by atoms with Crippen molar-refractivity contribution in [2.75, 3.05) is 26.4 Å². The van der Waals surface area contributed by atoms with Gasteiger partial charge in [0, 0.05) is 19.4 Å². The average molecular weight is 1350 g/mol. The predicted molar refractivity (Wildman–Crippen MR) is 413 cm³/mol. The van der Waals surface area contributed by atoms with Gasteiger partial charge in [0.25, 0.3) is 0 Å². The van der Waals surface area contributed by atoms with E-state index >= 15 is 0 Å². The summed E-state index contributed by atoms with van der Waals surface area (Å²) in [4.78, 5) is 35.5. The minimum Gasteiger partial charge on any atom is -0.462 e. The molecule has 0 bridgehead atoms. The van der Waals surface area contributed by atoms with Gasteiger partial charge in [0.05, 0.1) is 13.2 Å². The van der Waals surface area contributed by atoms with Crippen LogP contribution in [-0.4, -0.2) is 49.3 Å². The van der Waals surface area contributed by atoms with Crippen molar-refractivity contribution in [3.8, 4) is 0 Å². The molecular weight excluding hydrogens is 1190 g/mol. The molecule has 9 nitrogen and oxygen atoms in total. The third-order valence-electron chi connectivity index (χ3n) is 18.3. The smallest absolute Gasteiger partial charge is 0.462 e. The average Bonchev–Trinajstić information content (AvgIpc) is 3.25. The molecule has 2 unspecified atom stereocenters. The lowest BCUT2D eigenvalue weighted by molar-refractivity contribution is -0.161. The van der Waals surface area contributed by atoms with E-state index in [1.807, 2.05) is 0 Å². The number of carbonyl (C=O) groups is 2. The first-order valence-electron chi connectivity index (χ1n) is 41.1. The van der Waals surface area contributed by atoms with Crippen molar-refractivity contribution < 1.29 is 37.6 Å². The van der Waals surface area contributed by atoms with Gasteiger partial charge in [-0.1, -0.05) is 394 Å². The SMILES string of the molecule is CC/C=C\C/C=C\C/C=C\C/C=C\CCCCCCCCCCCCCCCCCCCCCCC(=O)OC(COC(=O)CCCCCCCCCCCCCCCCCCCCCCCCCCCC/C=C\C/C=C\C/C=C\CCCCCCC)COP(=O)(O)OCCN. The maximum Gasteiger partial charge on any atom is 0.472 e. The number of carbonyl (C=O) groups excluding carboxylic acids is 2. The van der Waals surface area contributed by atoms with Gasteiger partial charge in [-0.05, 0) is 89.9 Å². The standard InChI is InChI=1S/C85H156NO8P/c1-3-5-7-9-11-13-15-17-19-21-23-25-27-29-31-33-35-37-38-39-40-41-42-43-44-46-47-49-51-53-55-57-59-61-63-65-67-69-71-73-75-77-84(87)91-81-83(82-93-95(89,90)92-80-79-86)94-85(88)78-76-74-72-70-68-66-64-62-60-58-56-54-52-50-48-45-36-34-32-30-28-26-24-22-20-18-16-14-12-10-8-6-4-2/h6,8,12,14-15,17-18,20-21,23-24,26-27,29,83H,3-5,7,9-11,13,16,19,22,25,28,30-82,86H2,1-2H3,(H,89,90)/b8-6-,14-12-,17-15-,20-18-,23-21-,26-24-,29-27-. The minimum absolute atomic E-state index is 0.0543. The summed E-state index contributed by atoms with van der Waals surface area (Å²) in [7, 11) is -4.40. The molecule has 0 saturated carbocycles. The number of rotatable bonds is 78. The van der Waals surface area contributed by atoms with Crippen molar-refractivity contribution >= 4 is 19.8 Å². The Hall–Kier alpha value is -2.81. The third-order valence-corrected chi connectivity index (χ3v) is 19.2. The van der Waals surface area contributed by atoms with Crippen molar-refractivity contribution in [3.05, 3.63) is 85.1 Å². The van der Waals surface area contributed by atoms with E-state index in [9.17, 15) is 19.0 Å². The highest BCUT2D eigenvalue weighted by molar-refractivity contribution is 7.47. The van der Waals surface area contributed by atoms with E-state index in [2.05, 4.69) is 98.9 Å². The highest BCUT2D eigenvalue weighted by atomic mass is 31.2. The van der Waals surface area contributed by atoms with Crippen LogP contribution in [0.15, 0.2) is 85.1 Å². The van der Waals surface area contributed by atoms with Gasteiger partial charge in [-0.25, -0.2) is 4.57 Å². The summed E-state index contributed by atoms with van der Waals surface area (Å²) in [5, 5.41) is 0. The second kappa shape index (κ2) is 80.2. The fraction of sp³-hybridized carbons (Fsp3) is 0.812. The Morgan fingerprint density at radius 2 is 0.579 bits per heavy atom. The van der Waals surface area contributed by atoms with E-state index in [1.54, 1.807) is 0 Å². The first-order chi connectivity index (χ1) is 46.8. The molecule has 0 aliphatic heterocycles. The highest BCUT2D eigenvalue weighted by Crippen LogP contribution is 2.43. The molecule has 0 fully saturated rings. The van der Waals surface area contributed by atoms with Crippen molar-refractivity contribution in [2.45, 2.75) is 418 Å². The number of unbranched alkanes of at least 4 members (excludes halogenated alkanes) is 51. The molecule has 2 atom stereocenters. The van der Waals surface area contributed by atoms with E-state index in [4.69, 9.17) is 24.3 Å². The van der Waals surface area contributed by atoms with Crippen LogP contribution in [0.25, 0.3) is 0 Å². The molecule has 0 aromatic heterocycles. The maximum absolute atomic E-state index is 12.8. The second-order valence-electron chi connectivity index (χ2n) is 27.6. The molecule has 10 heteroatoms. The molecule has 0 amide bonds. The van der Waals surface area contributed by atoms with Crippen LogP contribution in [0, 0.1) is 0 Å². The van der Waals surface area contributed by atoms with Crippen LogP contribution in [0.3, 0.4) is 0 Å². The maximum atomic E-state index is 12.8. The summed E-state index contributed by atoms with van der Waals surface area (Å²) in [6.45, 7) is 3.69. The number of hydrogen-bond acceptors (Lipinski definition) is 8. The minimum atomic E-state index is -4.40. The van der Waals surface area contributed by atoms with E-state index in [0.29, 0.717) is 6.42 Å². The molecule has 0 aromatic rings. The van der Waals surface area contributed by atoms with Gasteiger partial charge in [-0.3, -0.25) is 18.6 Å². The molecule has 554 valence electrons. The molecule has 0 aliphatic carbocycles. The lowest BCUT2D eigenvalue weighted by atomic mass is 10.0. The summed E-state index contributed by atoms with van der Waals surface area (Å²) >= 11 is 0. The molecule has 3 N–H and O–H groups in total. The van der Waals surface area contributed by atoms with Crippen molar-refractivity contribution in [3.63, 3.8) is 0 Å². The van der Waals surface area contributed by atoms with Crippen LogP contribution in [-0.2, 0) is 32.7 Å². The quantitative estimate of drug-likeness (QED) is 0.0264. The Labute approximate surface area is 589 Å². The zero-order valence-electron chi connectivity index (χ0n) is 62.7. The van der Waals surface area contributed by atoms with Crippen molar-refractivity contribution in [2.24, 2.45) is 5.73 Å². The molecule has 0 aliphatic rings. The molecule has 95 heavy (non-hydrogen) atoms. The number of allylic oxidation sites excluding steroid dienone is 14. The Bertz CT molecular complexity index is 1840. The zero-order valence-corrected chi connectivity index (χ0v) is 63.6. The second-order valence-corrected chi connectivity index (χ2v) is 29.1. The van der Waals surface area contributed by atoms with Gasteiger partial charge in [0.15, 0.2) is 6.10 Å². The fourth-order valence-electron chi connectivity index (χ4n) is 12.2. The Balaban J connectivity index is 3.74. The first kappa shape index (κ1) is 92.2. The monoisotopic (exact) mass is 1350 g/mol. The lowest BCUT2D eigenvalue weighted by Gasteiger charge is -2.19. The number of hydrogen-bond donors (Lipinski definition) is 2. The van der Waals surface area contributed by atoms with E-state index in [-0.39, 0.29) is 38.6 Å². The lowest BCUT2D eigenvalue weighted by Crippen LogP contribution is -2.29. The normalized spacial score (nSPS) is 13.3. The van der Waals surface area contributed by atoms with Crippen molar-refractivity contribution in [1.82, 2.24) is 0 Å². The van der Waals surface area contributed by atoms with Gasteiger partial charge in [0.1, 0.15) is 6.61 Å².